The van der Waals surface area contributed by atoms with E-state index in [-0.39, 0.29) is 6.10 Å². The number of pyridine rings is 1. The Morgan fingerprint density at radius 2 is 1.92 bits per heavy atom. The topological polar surface area (TPSA) is 105 Å². The molecule has 0 atom stereocenters. The Kier molecular flexibility index (Phi) is 6.22. The van der Waals surface area contributed by atoms with E-state index < -0.39 is 5.60 Å². The molecular weight excluding hydrogens is 519 g/mol. The average Bonchev–Trinajstić information content (AvgIpc) is 3.49. The van der Waals surface area contributed by atoms with Gasteiger partial charge in [-0.1, -0.05) is 28.4 Å². The zero-order valence-corrected chi connectivity index (χ0v) is 21.5. The summed E-state index contributed by atoms with van der Waals surface area (Å²) in [7, 11) is 0. The normalized spacial score (nSPS) is 22.1. The highest BCUT2D eigenvalue weighted by molar-refractivity contribution is 7.18. The number of ether oxygens (including phenoxy) is 1. The van der Waals surface area contributed by atoms with Gasteiger partial charge in [0.1, 0.15) is 22.1 Å². The van der Waals surface area contributed by atoms with Crippen LogP contribution >= 0.6 is 34.5 Å². The molecule has 2 fully saturated rings. The van der Waals surface area contributed by atoms with Gasteiger partial charge in [-0.2, -0.15) is 5.26 Å². The van der Waals surface area contributed by atoms with Gasteiger partial charge in [-0.05, 0) is 56.7 Å². The van der Waals surface area contributed by atoms with Crippen LogP contribution < -0.4 is 0 Å². The number of hydrogen-bond donors (Lipinski definition) is 1. The lowest BCUT2D eigenvalue weighted by Gasteiger charge is -2.34. The fraction of sp³-hybridized carbons (Fsp3) is 0.385. The van der Waals surface area contributed by atoms with Crippen LogP contribution in [0.3, 0.4) is 0 Å². The highest BCUT2D eigenvalue weighted by Gasteiger charge is 2.39. The molecule has 0 bridgehead atoms. The summed E-state index contributed by atoms with van der Waals surface area (Å²) in [4.78, 5) is 8.70. The van der Waals surface area contributed by atoms with Crippen LogP contribution in [0, 0.1) is 11.3 Å². The van der Waals surface area contributed by atoms with Crippen LogP contribution in [-0.2, 0) is 16.9 Å². The van der Waals surface area contributed by atoms with Gasteiger partial charge >= 0.3 is 0 Å². The first-order valence-electron chi connectivity index (χ1n) is 11.9. The van der Waals surface area contributed by atoms with Crippen LogP contribution in [0.4, 0.5) is 0 Å². The molecule has 0 aliphatic heterocycles. The number of halogens is 2. The van der Waals surface area contributed by atoms with Crippen LogP contribution in [0.5, 0.6) is 0 Å². The van der Waals surface area contributed by atoms with Gasteiger partial charge < -0.3 is 14.4 Å². The molecule has 10 heteroatoms. The quantitative estimate of drug-likeness (QED) is 0.288. The first-order valence-corrected chi connectivity index (χ1v) is 13.5. The largest absolute Gasteiger partial charge is 0.383 e. The molecule has 2 aliphatic carbocycles. The number of nitriles is 1. The van der Waals surface area contributed by atoms with Crippen molar-refractivity contribution in [2.45, 2.75) is 62.8 Å². The number of aromatic nitrogens is 3. The van der Waals surface area contributed by atoms with Crippen LogP contribution in [0.25, 0.3) is 21.5 Å². The molecule has 36 heavy (non-hydrogen) atoms. The Morgan fingerprint density at radius 3 is 2.61 bits per heavy atom. The summed E-state index contributed by atoms with van der Waals surface area (Å²) >= 11 is 14.3. The summed E-state index contributed by atoms with van der Waals surface area (Å²) in [5.74, 6) is 1.19. The van der Waals surface area contributed by atoms with E-state index in [0.29, 0.717) is 70.1 Å². The van der Waals surface area contributed by atoms with Crippen molar-refractivity contribution in [1.82, 2.24) is 15.1 Å². The summed E-state index contributed by atoms with van der Waals surface area (Å²) in [5.41, 5.74) is 2.50. The molecule has 4 aromatic rings. The van der Waals surface area contributed by atoms with E-state index in [1.54, 1.807) is 18.5 Å². The van der Waals surface area contributed by atoms with Gasteiger partial charge in [0.2, 0.25) is 0 Å². The van der Waals surface area contributed by atoms with Crippen molar-refractivity contribution < 1.29 is 14.4 Å². The van der Waals surface area contributed by atoms with Crippen LogP contribution in [0.2, 0.25) is 10.0 Å². The number of benzene rings is 1. The standard InChI is InChI=1S/C26H22Cl2N4O3S/c27-18-11-30-12-19(28)22(18)23-17(24(35-32-23)15-2-3-15)13-34-16-5-7-26(33,8-6-16)25-31-20-4-1-14(10-29)9-21(20)36-25/h1,4,9,11-12,15-16,33H,2-3,5-8,13H2/t16-,26+. The second-order valence-corrected chi connectivity index (χ2v) is 11.3. The Bertz CT molecular complexity index is 1460. The molecule has 6 rings (SSSR count). The maximum absolute atomic E-state index is 11.4. The number of hydrogen-bond acceptors (Lipinski definition) is 8. The number of fused-ring (bicyclic) bond motifs is 1. The van der Waals surface area contributed by atoms with Gasteiger partial charge in [0, 0.05) is 29.4 Å². The first-order chi connectivity index (χ1) is 17.4. The molecule has 2 aliphatic rings. The van der Waals surface area contributed by atoms with Crippen molar-refractivity contribution in [2.75, 3.05) is 0 Å². The Hall–Kier alpha value is -2.54. The molecule has 1 N–H and O–H groups in total. The Morgan fingerprint density at radius 1 is 1.17 bits per heavy atom. The Balaban J connectivity index is 1.17. The van der Waals surface area contributed by atoms with Gasteiger partial charge in [-0.25, -0.2) is 4.98 Å². The van der Waals surface area contributed by atoms with Crippen molar-refractivity contribution in [3.63, 3.8) is 0 Å². The minimum atomic E-state index is -0.990. The molecule has 3 aromatic heterocycles. The van der Waals surface area contributed by atoms with Crippen molar-refractivity contribution in [3.05, 3.63) is 62.5 Å². The van der Waals surface area contributed by atoms with Gasteiger partial charge in [0.05, 0.1) is 44.6 Å². The van der Waals surface area contributed by atoms with E-state index in [4.69, 9.17) is 37.7 Å². The van der Waals surface area contributed by atoms with Crippen LogP contribution in [0.1, 0.15) is 66.3 Å². The summed E-state index contributed by atoms with van der Waals surface area (Å²) in [6.07, 6.45) is 7.71. The summed E-state index contributed by atoms with van der Waals surface area (Å²) in [6.45, 7) is 0.334. The predicted molar refractivity (Wildman–Crippen MR) is 137 cm³/mol. The third-order valence-corrected chi connectivity index (χ3v) is 8.78. The van der Waals surface area contributed by atoms with Gasteiger partial charge in [-0.15, -0.1) is 11.3 Å². The minimum absolute atomic E-state index is 0.0111. The van der Waals surface area contributed by atoms with Crippen molar-refractivity contribution in [2.24, 2.45) is 0 Å². The van der Waals surface area contributed by atoms with Crippen LogP contribution in [-0.4, -0.2) is 26.3 Å². The molecule has 0 spiro atoms. The molecule has 0 amide bonds. The number of aliphatic hydroxyl groups is 1. The Labute approximate surface area is 221 Å². The van der Waals surface area contributed by atoms with Gasteiger partial charge in [-0.3, -0.25) is 4.98 Å². The van der Waals surface area contributed by atoms with Gasteiger partial charge in [0.15, 0.2) is 0 Å². The summed E-state index contributed by atoms with van der Waals surface area (Å²) in [5, 5.41) is 26.4. The van der Waals surface area contributed by atoms with E-state index in [2.05, 4.69) is 21.2 Å². The number of nitrogens with zero attached hydrogens (tertiary/aromatic N) is 4. The monoisotopic (exact) mass is 540 g/mol. The molecule has 7 nitrogen and oxygen atoms in total. The molecule has 184 valence electrons. The van der Waals surface area contributed by atoms with E-state index >= 15 is 0 Å². The molecule has 0 unspecified atom stereocenters. The van der Waals surface area contributed by atoms with Crippen molar-refractivity contribution in [1.29, 1.82) is 5.26 Å². The number of rotatable bonds is 6. The molecule has 0 radical (unpaired) electrons. The van der Waals surface area contributed by atoms with E-state index in [9.17, 15) is 5.11 Å². The van der Waals surface area contributed by atoms with Crippen LogP contribution in [0.15, 0.2) is 35.1 Å². The molecule has 1 aromatic carbocycles. The second-order valence-electron chi connectivity index (χ2n) is 9.48. The summed E-state index contributed by atoms with van der Waals surface area (Å²) < 4.78 is 13.0. The molecular formula is C26H22Cl2N4O3S. The number of thiazole rings is 1. The lowest BCUT2D eigenvalue weighted by Crippen LogP contribution is -2.34. The fourth-order valence-electron chi connectivity index (χ4n) is 4.81. The highest BCUT2D eigenvalue weighted by atomic mass is 35.5. The maximum Gasteiger partial charge on any atom is 0.145 e. The third kappa shape index (κ3) is 4.40. The van der Waals surface area contributed by atoms with Crippen molar-refractivity contribution in [3.8, 4) is 17.3 Å². The maximum atomic E-state index is 11.4. The summed E-state index contributed by atoms with van der Waals surface area (Å²) in [6, 6.07) is 7.56. The molecule has 0 saturated heterocycles. The van der Waals surface area contributed by atoms with E-state index in [1.165, 1.54) is 11.3 Å². The lowest BCUT2D eigenvalue weighted by atomic mass is 9.83. The smallest absolute Gasteiger partial charge is 0.145 e. The molecule has 2 saturated carbocycles. The molecule has 3 heterocycles. The lowest BCUT2D eigenvalue weighted by molar-refractivity contribution is -0.0640. The van der Waals surface area contributed by atoms with E-state index in [0.717, 1.165) is 34.4 Å². The van der Waals surface area contributed by atoms with E-state index in [1.807, 2.05) is 12.1 Å². The minimum Gasteiger partial charge on any atom is -0.383 e. The predicted octanol–water partition coefficient (Wildman–Crippen LogP) is 6.75. The zero-order valence-electron chi connectivity index (χ0n) is 19.2. The second kappa shape index (κ2) is 9.40. The SMILES string of the molecule is N#Cc1ccc2nc([C@]3(O)CC[C@@H](OCc4c(-c5c(Cl)cncc5Cl)noc4C4CC4)CC3)sc2c1. The first kappa shape index (κ1) is 23.8. The third-order valence-electron chi connectivity index (χ3n) is 7.00. The highest BCUT2D eigenvalue weighted by Crippen LogP contribution is 2.47. The zero-order chi connectivity index (χ0) is 24.9. The van der Waals surface area contributed by atoms with Gasteiger partial charge in [0.25, 0.3) is 0 Å². The average molecular weight is 541 g/mol. The fourth-order valence-corrected chi connectivity index (χ4v) is 6.50. The van der Waals surface area contributed by atoms with Crippen molar-refractivity contribution >= 4 is 44.8 Å².